The molecule has 2 amide bonds. The van der Waals surface area contributed by atoms with Crippen molar-refractivity contribution in [2.45, 2.75) is 19.4 Å². The Morgan fingerprint density at radius 3 is 2.68 bits per heavy atom. The molecular formula is C15H23N3O3S. The van der Waals surface area contributed by atoms with Gasteiger partial charge in [0.1, 0.15) is 0 Å². The third-order valence-corrected chi connectivity index (χ3v) is 4.61. The highest BCUT2D eigenvalue weighted by atomic mass is 32.1. The highest BCUT2D eigenvalue weighted by molar-refractivity contribution is 7.12. The van der Waals surface area contributed by atoms with Gasteiger partial charge in [0.25, 0.3) is 5.91 Å². The topological polar surface area (TPSA) is 70.7 Å². The van der Waals surface area contributed by atoms with E-state index in [1.54, 1.807) is 6.07 Å². The molecule has 7 heteroatoms. The molecule has 1 saturated heterocycles. The van der Waals surface area contributed by atoms with Crippen molar-refractivity contribution in [3.8, 4) is 0 Å². The molecule has 0 unspecified atom stereocenters. The molecule has 6 nitrogen and oxygen atoms in total. The Hall–Kier alpha value is -1.44. The number of nitrogens with zero attached hydrogens (tertiary/aromatic N) is 1. The van der Waals surface area contributed by atoms with Crippen molar-refractivity contribution in [3.63, 3.8) is 0 Å². The summed E-state index contributed by atoms with van der Waals surface area (Å²) >= 11 is 1.36. The Morgan fingerprint density at radius 1 is 1.32 bits per heavy atom. The van der Waals surface area contributed by atoms with Gasteiger partial charge in [-0.1, -0.05) is 6.07 Å². The van der Waals surface area contributed by atoms with Gasteiger partial charge < -0.3 is 15.4 Å². The van der Waals surface area contributed by atoms with E-state index in [0.29, 0.717) is 11.4 Å². The Bertz CT molecular complexity index is 496. The first-order valence-corrected chi connectivity index (χ1v) is 8.28. The largest absolute Gasteiger partial charge is 0.379 e. The summed E-state index contributed by atoms with van der Waals surface area (Å²) in [6.07, 6.45) is 0. The summed E-state index contributed by atoms with van der Waals surface area (Å²) in [5, 5.41) is 7.35. The zero-order valence-electron chi connectivity index (χ0n) is 13.1. The standard InChI is InChI=1S/C15H23N3O3S/c1-15(2,18-5-7-21-8-6-18)11-17-13(19)10-16-14(20)12-4-3-9-22-12/h3-4,9H,5-8,10-11H2,1-2H3,(H,16,20)(H,17,19). The van der Waals surface area contributed by atoms with Crippen LogP contribution >= 0.6 is 11.3 Å². The second-order valence-corrected chi connectivity index (χ2v) is 6.80. The molecule has 22 heavy (non-hydrogen) atoms. The van der Waals surface area contributed by atoms with Crippen LogP contribution < -0.4 is 10.6 Å². The smallest absolute Gasteiger partial charge is 0.261 e. The van der Waals surface area contributed by atoms with E-state index in [9.17, 15) is 9.59 Å². The van der Waals surface area contributed by atoms with E-state index in [2.05, 4.69) is 29.4 Å². The quantitative estimate of drug-likeness (QED) is 0.808. The van der Waals surface area contributed by atoms with Crippen molar-refractivity contribution in [1.82, 2.24) is 15.5 Å². The first-order valence-electron chi connectivity index (χ1n) is 7.40. The van der Waals surface area contributed by atoms with E-state index >= 15 is 0 Å². The third kappa shape index (κ3) is 4.79. The van der Waals surface area contributed by atoms with E-state index in [4.69, 9.17) is 4.74 Å². The van der Waals surface area contributed by atoms with Gasteiger partial charge in [0.2, 0.25) is 5.91 Å². The van der Waals surface area contributed by atoms with Crippen molar-refractivity contribution in [1.29, 1.82) is 0 Å². The average Bonchev–Trinajstić information content (AvgIpc) is 3.06. The molecule has 0 aromatic carbocycles. The van der Waals surface area contributed by atoms with E-state index < -0.39 is 0 Å². The molecule has 1 aromatic heterocycles. The van der Waals surface area contributed by atoms with Crippen LogP contribution in [0.3, 0.4) is 0 Å². The summed E-state index contributed by atoms with van der Waals surface area (Å²) in [6.45, 7) is 7.95. The summed E-state index contributed by atoms with van der Waals surface area (Å²) in [7, 11) is 0. The van der Waals surface area contributed by atoms with Gasteiger partial charge in [-0.2, -0.15) is 0 Å². The fourth-order valence-corrected chi connectivity index (χ4v) is 2.95. The lowest BCUT2D eigenvalue weighted by atomic mass is 10.0. The Kier molecular flexibility index (Phi) is 5.93. The average molecular weight is 325 g/mol. The lowest BCUT2D eigenvalue weighted by molar-refractivity contribution is -0.120. The maximum absolute atomic E-state index is 11.9. The fraction of sp³-hybridized carbons (Fsp3) is 0.600. The molecule has 122 valence electrons. The van der Waals surface area contributed by atoms with Crippen molar-refractivity contribution in [2.75, 3.05) is 39.4 Å². The molecule has 0 saturated carbocycles. The highest BCUT2D eigenvalue weighted by Gasteiger charge is 2.28. The van der Waals surface area contributed by atoms with Crippen LogP contribution in [-0.4, -0.2) is 61.6 Å². The van der Waals surface area contributed by atoms with Gasteiger partial charge in [-0.25, -0.2) is 0 Å². The number of thiophene rings is 1. The number of carbonyl (C=O) groups is 2. The summed E-state index contributed by atoms with van der Waals surface area (Å²) in [5.74, 6) is -0.385. The van der Waals surface area contributed by atoms with Gasteiger partial charge in [0, 0.05) is 25.2 Å². The molecule has 1 fully saturated rings. The molecule has 0 aliphatic carbocycles. The van der Waals surface area contributed by atoms with Gasteiger partial charge in [-0.3, -0.25) is 14.5 Å². The Morgan fingerprint density at radius 2 is 2.05 bits per heavy atom. The molecule has 0 radical (unpaired) electrons. The molecule has 1 aliphatic rings. The molecule has 0 spiro atoms. The zero-order chi connectivity index (χ0) is 16.0. The van der Waals surface area contributed by atoms with Gasteiger partial charge in [0.05, 0.1) is 24.6 Å². The number of hydrogen-bond acceptors (Lipinski definition) is 5. The zero-order valence-corrected chi connectivity index (χ0v) is 13.9. The van der Waals surface area contributed by atoms with E-state index in [1.165, 1.54) is 11.3 Å². The summed E-state index contributed by atoms with van der Waals surface area (Å²) in [5.41, 5.74) is -0.128. The van der Waals surface area contributed by atoms with Crippen molar-refractivity contribution in [2.24, 2.45) is 0 Å². The lowest BCUT2D eigenvalue weighted by Gasteiger charge is -2.40. The minimum absolute atomic E-state index is 0.00404. The van der Waals surface area contributed by atoms with Crippen molar-refractivity contribution in [3.05, 3.63) is 22.4 Å². The van der Waals surface area contributed by atoms with E-state index in [1.807, 2.05) is 11.4 Å². The monoisotopic (exact) mass is 325 g/mol. The lowest BCUT2D eigenvalue weighted by Crippen LogP contribution is -2.56. The van der Waals surface area contributed by atoms with E-state index in [-0.39, 0.29) is 23.9 Å². The second kappa shape index (κ2) is 7.71. The Labute approximate surface area is 134 Å². The molecule has 2 N–H and O–H groups in total. The number of amides is 2. The van der Waals surface area contributed by atoms with Gasteiger partial charge in [-0.15, -0.1) is 11.3 Å². The highest BCUT2D eigenvalue weighted by Crippen LogP contribution is 2.15. The van der Waals surface area contributed by atoms with Crippen LogP contribution in [-0.2, 0) is 9.53 Å². The number of carbonyl (C=O) groups excluding carboxylic acids is 2. The maximum atomic E-state index is 11.9. The molecule has 2 rings (SSSR count). The molecule has 1 aliphatic heterocycles. The van der Waals surface area contributed by atoms with Crippen LogP contribution in [0, 0.1) is 0 Å². The first-order chi connectivity index (χ1) is 10.5. The molecule has 2 heterocycles. The minimum Gasteiger partial charge on any atom is -0.379 e. The summed E-state index contributed by atoms with van der Waals surface area (Å²) in [4.78, 5) is 26.6. The summed E-state index contributed by atoms with van der Waals surface area (Å²) < 4.78 is 5.35. The molecular weight excluding hydrogens is 302 g/mol. The van der Waals surface area contributed by atoms with Gasteiger partial charge in [-0.05, 0) is 25.3 Å². The van der Waals surface area contributed by atoms with Crippen LogP contribution in [0.4, 0.5) is 0 Å². The van der Waals surface area contributed by atoms with Crippen LogP contribution in [0.15, 0.2) is 17.5 Å². The van der Waals surface area contributed by atoms with Crippen LogP contribution in [0.25, 0.3) is 0 Å². The maximum Gasteiger partial charge on any atom is 0.261 e. The van der Waals surface area contributed by atoms with Gasteiger partial charge >= 0.3 is 0 Å². The predicted octanol–water partition coefficient (Wildman–Crippen LogP) is 0.705. The normalized spacial score (nSPS) is 16.3. The molecule has 0 bridgehead atoms. The van der Waals surface area contributed by atoms with Crippen LogP contribution in [0.1, 0.15) is 23.5 Å². The summed E-state index contributed by atoms with van der Waals surface area (Å²) in [6, 6.07) is 3.55. The number of nitrogens with one attached hydrogen (secondary N) is 2. The van der Waals surface area contributed by atoms with Crippen molar-refractivity contribution < 1.29 is 14.3 Å². The Balaban J connectivity index is 1.71. The first kappa shape index (κ1) is 16.9. The SMILES string of the molecule is CC(C)(CNC(=O)CNC(=O)c1cccs1)N1CCOCC1. The second-order valence-electron chi connectivity index (χ2n) is 5.85. The minimum atomic E-state index is -0.211. The molecule has 1 aromatic rings. The van der Waals surface area contributed by atoms with Gasteiger partial charge in [0.15, 0.2) is 0 Å². The number of rotatable bonds is 6. The number of hydrogen-bond donors (Lipinski definition) is 2. The van der Waals surface area contributed by atoms with Crippen LogP contribution in [0.2, 0.25) is 0 Å². The predicted molar refractivity (Wildman–Crippen MR) is 86.1 cm³/mol. The van der Waals surface area contributed by atoms with Crippen LogP contribution in [0.5, 0.6) is 0 Å². The fourth-order valence-electron chi connectivity index (χ4n) is 2.31. The number of ether oxygens (including phenoxy) is 1. The van der Waals surface area contributed by atoms with E-state index in [0.717, 1.165) is 26.3 Å². The third-order valence-electron chi connectivity index (χ3n) is 3.74. The van der Waals surface area contributed by atoms with Crippen molar-refractivity contribution >= 4 is 23.2 Å². The number of morpholine rings is 1. The molecule has 0 atom stereocenters.